The van der Waals surface area contributed by atoms with Gasteiger partial charge in [0, 0.05) is 82.8 Å². The number of aromatic nitrogens is 8. The van der Waals surface area contributed by atoms with Gasteiger partial charge in [-0.3, -0.25) is 9.59 Å². The Morgan fingerprint density at radius 3 is 0.937 bits per heavy atom. The first-order valence-electron chi connectivity index (χ1n) is 47.4. The van der Waals surface area contributed by atoms with Gasteiger partial charge < -0.3 is 62.6 Å². The molecule has 8 aromatic carbocycles. The summed E-state index contributed by atoms with van der Waals surface area (Å²) in [7, 11) is -7.47. The van der Waals surface area contributed by atoms with Gasteiger partial charge in [0.05, 0.1) is 70.4 Å². The van der Waals surface area contributed by atoms with Crippen LogP contribution in [0, 0.1) is 51.2 Å². The number of aliphatic hydroxyl groups is 1. The van der Waals surface area contributed by atoms with Gasteiger partial charge in [0.15, 0.2) is 0 Å². The summed E-state index contributed by atoms with van der Waals surface area (Å²) >= 11 is 0. The highest BCUT2D eigenvalue weighted by Gasteiger charge is 2.38. The zero-order valence-electron chi connectivity index (χ0n) is 80.5. The number of rotatable bonds is 27. The molecule has 0 radical (unpaired) electrons. The first-order valence-corrected chi connectivity index (χ1v) is 50.7. The van der Waals surface area contributed by atoms with Crippen molar-refractivity contribution in [3.63, 3.8) is 0 Å². The van der Waals surface area contributed by atoms with Crippen molar-refractivity contribution in [1.82, 2.24) is 70.4 Å². The van der Waals surface area contributed by atoms with E-state index < -0.39 is 55.2 Å². The monoisotopic (exact) mass is 1960 g/mol. The fraction of sp³-hybridized carbons (Fsp3) is 0.371. The molecule has 0 saturated carbocycles. The molecular formula is C105H110N18O17S2. The van der Waals surface area contributed by atoms with E-state index in [2.05, 4.69) is 97.6 Å². The van der Waals surface area contributed by atoms with Crippen molar-refractivity contribution in [3.05, 3.63) is 225 Å². The molecule has 0 unspecified atom stereocenters. The molecule has 2 saturated heterocycles. The van der Waals surface area contributed by atoms with Crippen LogP contribution in [0.3, 0.4) is 0 Å². The number of nitrogens with zero attached hydrogens (tertiary/aromatic N) is 14. The Labute approximate surface area is 823 Å². The standard InChI is InChI=1S/C28H29N5O4.C27H29N5O3.2C25H26N4O5S/c1-16(2)36-25-11-10-18(12-19(25)13-29)27-31-26(32-37-27)23-8-4-7-22-21(23)6-5-9-24(22)30-28(35)33-14-20(15-33)17(3)34;1-17(2)34-24-12-11-18(15-19(24)16-28)26-30-25(31-35-26)22-9-5-8-21-20(22)7-6-10-23(21)29-27(33)32-13-3-4-14-32;2*1-15(2)33-23-11-10-17(12-18(23)13-26)25-27-24(28-34-25)21-8-4-7-20-19(21)6-5-9-22(20)29-35(31,32)14-16(3)30/h4,7-8,10-12,16,20,24,34H,3,5-6,9,14-15H2,1-2H3,(H,30,35);5,8-9,11-12,15,17,23H,3-4,6-7,10,13-14H2,1-2H3,(H,29,33);2*4,7-8,10-12,15,22,29H,5-6,9,14H2,1-3H3/t24-;23-;2*22-/m1110/s1. The number of nitriles is 4. The van der Waals surface area contributed by atoms with Crippen LogP contribution in [0.2, 0.25) is 0 Å². The van der Waals surface area contributed by atoms with Gasteiger partial charge >= 0.3 is 12.1 Å². The molecule has 4 aromatic heterocycles. The van der Waals surface area contributed by atoms with Crippen LogP contribution >= 0.6 is 0 Å². The molecule has 734 valence electrons. The van der Waals surface area contributed by atoms with Gasteiger partial charge in [0.25, 0.3) is 23.6 Å². The number of fused-ring (bicyclic) bond motifs is 4. The molecular weight excluding hydrogens is 1850 g/mol. The van der Waals surface area contributed by atoms with Crippen molar-refractivity contribution in [2.24, 2.45) is 5.92 Å². The lowest BCUT2D eigenvalue weighted by atomic mass is 9.84. The van der Waals surface area contributed by atoms with Gasteiger partial charge in [0.1, 0.15) is 70.3 Å². The summed E-state index contributed by atoms with van der Waals surface area (Å²) in [6, 6.07) is 51.4. The first-order chi connectivity index (χ1) is 68.2. The zero-order valence-corrected chi connectivity index (χ0v) is 82.1. The Morgan fingerprint density at radius 1 is 0.408 bits per heavy atom. The maximum absolute atomic E-state index is 12.8. The molecule has 0 bridgehead atoms. The summed E-state index contributed by atoms with van der Waals surface area (Å²) in [5, 5.41) is 70.8. The fourth-order valence-electron chi connectivity index (χ4n) is 18.3. The maximum Gasteiger partial charge on any atom is 0.317 e. The number of Topliss-reactive ketones (excluding diaryl/α,β-unsaturated/α-hetero) is 2. The largest absolute Gasteiger partial charge is 0.513 e. The van der Waals surface area contributed by atoms with E-state index >= 15 is 0 Å². The second kappa shape index (κ2) is 44.9. The Hall–Kier alpha value is -15.3. The van der Waals surface area contributed by atoms with E-state index in [0.29, 0.717) is 129 Å². The van der Waals surface area contributed by atoms with E-state index in [9.17, 15) is 62.2 Å². The quantitative estimate of drug-likeness (QED) is 0.0298. The third kappa shape index (κ3) is 24.4. The number of amides is 4. The lowest BCUT2D eigenvalue weighted by molar-refractivity contribution is -0.115. The Balaban J connectivity index is 0.000000143. The number of ether oxygens (including phenoxy) is 4. The van der Waals surface area contributed by atoms with Gasteiger partial charge in [-0.2, -0.15) is 41.0 Å². The molecule has 142 heavy (non-hydrogen) atoms. The number of aliphatic hydroxyl groups excluding tert-OH is 1. The summed E-state index contributed by atoms with van der Waals surface area (Å²) in [5.74, 6) is 3.11. The SMILES string of the molecule is C=C(O)C1CN(C(=O)N[C@@H]2CCCc3c(-c4noc(-c5ccc(OC(C)C)c(C#N)c5)n4)cccc32)C1.CC(=O)CS(=O)(=O)N[C@@H]1CCCc2c(-c3noc(-c4ccc(OC(C)C)c(C#N)c4)n3)cccc21.CC(=O)CS(=O)(=O)N[C@H]1CCCc2c(-c3noc(-c4ccc(OC(C)C)c(C#N)c4)n3)cccc21.CC(C)Oc1ccc(-c2nc(-c3cccc4c3CCC[C@H]4NC(=O)N3CCCC3)no2)cc1C#N. The molecule has 4 amide bonds. The zero-order chi connectivity index (χ0) is 101. The van der Waals surface area contributed by atoms with Gasteiger partial charge in [-0.1, -0.05) is 100 Å². The minimum atomic E-state index is -3.74. The van der Waals surface area contributed by atoms with Crippen LogP contribution in [0.4, 0.5) is 9.59 Å². The highest BCUT2D eigenvalue weighted by atomic mass is 32.2. The number of benzene rings is 8. The molecule has 35 nitrogen and oxygen atoms in total. The molecule has 0 spiro atoms. The highest BCUT2D eigenvalue weighted by molar-refractivity contribution is 7.90. The fourth-order valence-corrected chi connectivity index (χ4v) is 20.9. The van der Waals surface area contributed by atoms with Crippen LogP contribution in [-0.4, -0.2) is 158 Å². The third-order valence-corrected chi connectivity index (χ3v) is 27.5. The molecule has 2 fully saturated rings. The summed E-state index contributed by atoms with van der Waals surface area (Å²) in [5.41, 5.74) is 15.3. The summed E-state index contributed by atoms with van der Waals surface area (Å²) in [6.45, 7) is 23.9. The average molecular weight is 1960 g/mol. The van der Waals surface area contributed by atoms with E-state index in [4.69, 9.17) is 37.0 Å². The van der Waals surface area contributed by atoms with E-state index in [1.54, 1.807) is 71.6 Å². The van der Waals surface area contributed by atoms with Crippen molar-refractivity contribution in [2.45, 2.75) is 208 Å². The highest BCUT2D eigenvalue weighted by Crippen LogP contribution is 2.44. The van der Waals surface area contributed by atoms with Gasteiger partial charge in [0.2, 0.25) is 43.3 Å². The van der Waals surface area contributed by atoms with Crippen molar-refractivity contribution in [3.8, 4) is 139 Å². The van der Waals surface area contributed by atoms with Gasteiger partial charge in [-0.05, 0) is 276 Å². The minimum Gasteiger partial charge on any atom is -0.513 e. The van der Waals surface area contributed by atoms with Crippen molar-refractivity contribution >= 4 is 43.7 Å². The Bertz CT molecular complexity index is 6930. The minimum absolute atomic E-state index is 0.0193. The summed E-state index contributed by atoms with van der Waals surface area (Å²) < 4.78 is 99.7. The number of likely N-dealkylation sites (tertiary alicyclic amines) is 2. The van der Waals surface area contributed by atoms with E-state index in [1.807, 2.05) is 133 Å². The predicted octanol–water partition coefficient (Wildman–Crippen LogP) is 18.3. The van der Waals surface area contributed by atoms with Gasteiger partial charge in [-0.25, -0.2) is 35.9 Å². The number of carbonyl (C=O) groups is 4. The predicted molar refractivity (Wildman–Crippen MR) is 525 cm³/mol. The molecule has 18 rings (SSSR count). The van der Waals surface area contributed by atoms with E-state index in [-0.39, 0.29) is 72.0 Å². The van der Waals surface area contributed by atoms with Gasteiger partial charge in [-0.15, -0.1) is 0 Å². The molecule has 37 heteroatoms. The topological polar surface area (TPSA) is 499 Å². The lowest BCUT2D eigenvalue weighted by Gasteiger charge is -2.40. The third-order valence-electron chi connectivity index (χ3n) is 24.6. The molecule has 6 heterocycles. The van der Waals surface area contributed by atoms with E-state index in [1.165, 1.54) is 13.8 Å². The maximum atomic E-state index is 12.8. The molecule has 4 atom stereocenters. The normalized spacial score (nSPS) is 16.3. The van der Waals surface area contributed by atoms with Crippen molar-refractivity contribution in [2.75, 3.05) is 37.7 Å². The second-order valence-corrected chi connectivity index (χ2v) is 40.3. The Morgan fingerprint density at radius 2 is 0.676 bits per heavy atom. The molecule has 12 aromatic rings. The van der Waals surface area contributed by atoms with Crippen LogP contribution in [0.25, 0.3) is 91.4 Å². The van der Waals surface area contributed by atoms with Crippen LogP contribution in [0.5, 0.6) is 23.0 Å². The number of ketones is 2. The summed E-state index contributed by atoms with van der Waals surface area (Å²) in [6.07, 6.45) is 11.6. The number of nitrogens with one attached hydrogen (secondary N) is 4. The number of sulfonamides is 2. The number of hydrogen-bond donors (Lipinski definition) is 5. The Kier molecular flexibility index (Phi) is 32.0. The number of hydrogen-bond acceptors (Lipinski definition) is 29. The van der Waals surface area contributed by atoms with Crippen LogP contribution < -0.4 is 39.0 Å². The van der Waals surface area contributed by atoms with Crippen LogP contribution in [-0.2, 0) is 55.3 Å². The number of urea groups is 2. The molecule has 4 aliphatic carbocycles. The first kappa shape index (κ1) is 101. The van der Waals surface area contributed by atoms with Crippen molar-refractivity contribution in [1.29, 1.82) is 21.0 Å². The number of carbonyl (C=O) groups excluding carboxylic acids is 4. The smallest absolute Gasteiger partial charge is 0.317 e. The molecule has 6 aliphatic rings. The van der Waals surface area contributed by atoms with Crippen molar-refractivity contribution < 1.29 is 78.2 Å². The molecule has 2 aliphatic heterocycles. The molecule has 5 N–H and O–H groups in total. The summed E-state index contributed by atoms with van der Waals surface area (Å²) in [4.78, 5) is 70.1. The van der Waals surface area contributed by atoms with E-state index in [0.717, 1.165) is 157 Å². The van der Waals surface area contributed by atoms with Crippen LogP contribution in [0.1, 0.15) is 224 Å². The van der Waals surface area contributed by atoms with Crippen LogP contribution in [0.15, 0.2) is 176 Å². The lowest BCUT2D eigenvalue weighted by Crippen LogP contribution is -2.54. The second-order valence-electron chi connectivity index (χ2n) is 36.8. The average Bonchev–Trinajstić information content (AvgIpc) is 1.78.